The van der Waals surface area contributed by atoms with Crippen LogP contribution in [0.3, 0.4) is 0 Å². The Morgan fingerprint density at radius 3 is 2.69 bits per heavy atom. The Balaban J connectivity index is 1.93. The first kappa shape index (κ1) is 13.3. The number of ether oxygens (including phenoxy) is 1. The van der Waals surface area contributed by atoms with Gasteiger partial charge in [0.15, 0.2) is 5.96 Å². The first-order valence-corrected chi connectivity index (χ1v) is 6.39. The average Bonchev–Trinajstić information content (AvgIpc) is 3.10. The molecule has 0 aromatic heterocycles. The van der Waals surface area contributed by atoms with E-state index in [1.165, 1.54) is 19.3 Å². The van der Waals surface area contributed by atoms with Crippen molar-refractivity contribution in [2.75, 3.05) is 33.4 Å². The van der Waals surface area contributed by atoms with E-state index in [1.54, 1.807) is 0 Å². The van der Waals surface area contributed by atoms with Gasteiger partial charge in [-0.05, 0) is 25.7 Å². The summed E-state index contributed by atoms with van der Waals surface area (Å²) in [6.07, 6.45) is 5.14. The Morgan fingerprint density at radius 2 is 2.06 bits per heavy atom. The molecule has 4 heteroatoms. The van der Waals surface area contributed by atoms with Gasteiger partial charge < -0.3 is 15.4 Å². The molecule has 94 valence electrons. The molecule has 1 rings (SSSR count). The molecular formula is C12H25N3O. The molecule has 1 saturated carbocycles. The van der Waals surface area contributed by atoms with Crippen molar-refractivity contribution >= 4 is 5.96 Å². The molecule has 0 heterocycles. The largest absolute Gasteiger partial charge is 0.382 e. The van der Waals surface area contributed by atoms with Crippen molar-refractivity contribution in [3.05, 3.63) is 0 Å². The van der Waals surface area contributed by atoms with Crippen molar-refractivity contribution in [3.8, 4) is 0 Å². The molecule has 1 fully saturated rings. The third-order valence-corrected chi connectivity index (χ3v) is 2.73. The number of nitrogens with zero attached hydrogens (tertiary/aromatic N) is 1. The third-order valence-electron chi connectivity index (χ3n) is 2.73. The molecule has 1 aliphatic rings. The van der Waals surface area contributed by atoms with Crippen molar-refractivity contribution in [1.29, 1.82) is 0 Å². The van der Waals surface area contributed by atoms with Crippen LogP contribution in [0.15, 0.2) is 4.99 Å². The molecule has 0 atom stereocenters. The maximum Gasteiger partial charge on any atom is 0.190 e. The molecule has 0 aromatic rings. The number of guanidine groups is 1. The summed E-state index contributed by atoms with van der Waals surface area (Å²) in [5, 5.41) is 6.61. The van der Waals surface area contributed by atoms with E-state index in [-0.39, 0.29) is 0 Å². The van der Waals surface area contributed by atoms with Gasteiger partial charge >= 0.3 is 0 Å². The smallest absolute Gasteiger partial charge is 0.190 e. The molecule has 0 aromatic carbocycles. The SMILES string of the molecule is CCOCCCNC(=NC)NCCC1CC1. The van der Waals surface area contributed by atoms with Crippen LogP contribution in [0.25, 0.3) is 0 Å². The fourth-order valence-corrected chi connectivity index (χ4v) is 1.55. The summed E-state index contributed by atoms with van der Waals surface area (Å²) in [7, 11) is 1.81. The van der Waals surface area contributed by atoms with E-state index in [4.69, 9.17) is 4.74 Å². The summed E-state index contributed by atoms with van der Waals surface area (Å²) in [6.45, 7) is 5.60. The summed E-state index contributed by atoms with van der Waals surface area (Å²) >= 11 is 0. The highest BCUT2D eigenvalue weighted by molar-refractivity contribution is 5.79. The molecule has 0 spiro atoms. The fourth-order valence-electron chi connectivity index (χ4n) is 1.55. The maximum atomic E-state index is 5.27. The lowest BCUT2D eigenvalue weighted by Crippen LogP contribution is -2.38. The second-order valence-corrected chi connectivity index (χ2v) is 4.21. The van der Waals surface area contributed by atoms with Gasteiger partial charge in [0, 0.05) is 33.4 Å². The van der Waals surface area contributed by atoms with Gasteiger partial charge in [0.05, 0.1) is 0 Å². The summed E-state index contributed by atoms with van der Waals surface area (Å²) in [5.74, 6) is 1.89. The molecule has 2 N–H and O–H groups in total. The zero-order valence-corrected chi connectivity index (χ0v) is 10.6. The van der Waals surface area contributed by atoms with Crippen molar-refractivity contribution in [2.45, 2.75) is 32.6 Å². The Bertz CT molecular complexity index is 202. The summed E-state index contributed by atoms with van der Waals surface area (Å²) < 4.78 is 5.27. The quantitative estimate of drug-likeness (QED) is 0.374. The van der Waals surface area contributed by atoms with E-state index in [9.17, 15) is 0 Å². The Kier molecular flexibility index (Phi) is 6.97. The molecule has 4 nitrogen and oxygen atoms in total. The van der Waals surface area contributed by atoms with Crippen LogP contribution in [0, 0.1) is 5.92 Å². The van der Waals surface area contributed by atoms with Gasteiger partial charge in [-0.1, -0.05) is 12.8 Å². The lowest BCUT2D eigenvalue weighted by Gasteiger charge is -2.11. The van der Waals surface area contributed by atoms with Crippen LogP contribution in [0.5, 0.6) is 0 Å². The number of nitrogens with one attached hydrogen (secondary N) is 2. The monoisotopic (exact) mass is 227 g/mol. The first-order chi connectivity index (χ1) is 7.86. The Labute approximate surface area is 98.9 Å². The lowest BCUT2D eigenvalue weighted by atomic mass is 10.3. The molecule has 0 amide bonds. The number of hydrogen-bond acceptors (Lipinski definition) is 2. The second kappa shape index (κ2) is 8.39. The normalized spacial score (nSPS) is 16.2. The summed E-state index contributed by atoms with van der Waals surface area (Å²) in [5.41, 5.74) is 0. The minimum atomic E-state index is 0.800. The molecule has 16 heavy (non-hydrogen) atoms. The van der Waals surface area contributed by atoms with Crippen LogP contribution in [0.2, 0.25) is 0 Å². The minimum Gasteiger partial charge on any atom is -0.382 e. The molecular weight excluding hydrogens is 202 g/mol. The van der Waals surface area contributed by atoms with E-state index >= 15 is 0 Å². The summed E-state index contributed by atoms with van der Waals surface area (Å²) in [6, 6.07) is 0. The van der Waals surface area contributed by atoms with Crippen molar-refractivity contribution < 1.29 is 4.74 Å². The van der Waals surface area contributed by atoms with E-state index in [0.29, 0.717) is 0 Å². The van der Waals surface area contributed by atoms with Crippen molar-refractivity contribution in [3.63, 3.8) is 0 Å². The van der Waals surface area contributed by atoms with Crippen molar-refractivity contribution in [1.82, 2.24) is 10.6 Å². The van der Waals surface area contributed by atoms with Crippen LogP contribution in [0.4, 0.5) is 0 Å². The van der Waals surface area contributed by atoms with Gasteiger partial charge in [0.2, 0.25) is 0 Å². The third kappa shape index (κ3) is 6.67. The zero-order valence-electron chi connectivity index (χ0n) is 10.6. The predicted molar refractivity (Wildman–Crippen MR) is 67.8 cm³/mol. The van der Waals surface area contributed by atoms with Crippen LogP contribution in [0.1, 0.15) is 32.6 Å². The van der Waals surface area contributed by atoms with E-state index < -0.39 is 0 Å². The standard InChI is InChI=1S/C12H25N3O/c1-3-16-10-4-8-14-12(13-2)15-9-7-11-5-6-11/h11H,3-10H2,1-2H3,(H2,13,14,15). The molecule has 0 saturated heterocycles. The highest BCUT2D eigenvalue weighted by Crippen LogP contribution is 2.31. The van der Waals surface area contributed by atoms with Gasteiger partial charge in [0.1, 0.15) is 0 Å². The minimum absolute atomic E-state index is 0.800. The van der Waals surface area contributed by atoms with Gasteiger partial charge in [-0.25, -0.2) is 0 Å². The van der Waals surface area contributed by atoms with Gasteiger partial charge in [-0.15, -0.1) is 0 Å². The Morgan fingerprint density at radius 1 is 1.31 bits per heavy atom. The van der Waals surface area contributed by atoms with Crippen LogP contribution in [-0.4, -0.2) is 39.3 Å². The Hall–Kier alpha value is -0.770. The van der Waals surface area contributed by atoms with Crippen molar-refractivity contribution in [2.24, 2.45) is 10.9 Å². The lowest BCUT2D eigenvalue weighted by molar-refractivity contribution is 0.145. The van der Waals surface area contributed by atoms with Gasteiger partial charge in [-0.3, -0.25) is 4.99 Å². The first-order valence-electron chi connectivity index (χ1n) is 6.39. The zero-order chi connectivity index (χ0) is 11.6. The van der Waals surface area contributed by atoms with E-state index in [2.05, 4.69) is 15.6 Å². The average molecular weight is 227 g/mol. The van der Waals surface area contributed by atoms with Gasteiger partial charge in [-0.2, -0.15) is 0 Å². The van der Waals surface area contributed by atoms with E-state index in [1.807, 2.05) is 14.0 Å². The van der Waals surface area contributed by atoms with Crippen LogP contribution >= 0.6 is 0 Å². The number of aliphatic imine (C=N–C) groups is 1. The maximum absolute atomic E-state index is 5.27. The molecule has 0 unspecified atom stereocenters. The molecule has 0 bridgehead atoms. The van der Waals surface area contributed by atoms with Gasteiger partial charge in [0.25, 0.3) is 0 Å². The molecule has 0 radical (unpaired) electrons. The summed E-state index contributed by atoms with van der Waals surface area (Å²) in [4.78, 5) is 4.18. The highest BCUT2D eigenvalue weighted by atomic mass is 16.5. The second-order valence-electron chi connectivity index (χ2n) is 4.21. The van der Waals surface area contributed by atoms with Crippen LogP contribution in [-0.2, 0) is 4.74 Å². The number of rotatable bonds is 8. The number of hydrogen-bond donors (Lipinski definition) is 2. The molecule has 1 aliphatic carbocycles. The topological polar surface area (TPSA) is 45.6 Å². The van der Waals surface area contributed by atoms with E-state index in [0.717, 1.165) is 44.6 Å². The highest BCUT2D eigenvalue weighted by Gasteiger charge is 2.20. The van der Waals surface area contributed by atoms with Crippen LogP contribution < -0.4 is 10.6 Å². The molecule has 0 aliphatic heterocycles. The predicted octanol–water partition coefficient (Wildman–Crippen LogP) is 1.38. The fraction of sp³-hybridized carbons (Fsp3) is 0.917.